The number of ether oxygens (including phenoxy) is 2. The molecule has 0 aliphatic heterocycles. The van der Waals surface area contributed by atoms with Crippen LogP contribution in [-0.2, 0) is 11.2 Å². The van der Waals surface area contributed by atoms with Gasteiger partial charge in [0, 0.05) is 4.88 Å². The quantitative estimate of drug-likeness (QED) is 0.891. The van der Waals surface area contributed by atoms with Crippen LogP contribution in [0.25, 0.3) is 0 Å². The molecule has 0 fully saturated rings. The van der Waals surface area contributed by atoms with Crippen LogP contribution in [0.2, 0.25) is 0 Å². The lowest BCUT2D eigenvalue weighted by molar-refractivity contribution is -0.121. The summed E-state index contributed by atoms with van der Waals surface area (Å²) in [6.07, 6.45) is 0.316. The number of benzene rings is 1. The minimum absolute atomic E-state index is 0.0110. The molecule has 0 aliphatic carbocycles. The Kier molecular flexibility index (Phi) is 5.22. The molecule has 0 radical (unpaired) electrons. The standard InChI is InChI=1S/C16H19NO3S/c1-11(15-5-4-8-21-15)17-16(18)10-12-6-7-13(19-2)14(9-12)20-3/h4-9,11H,10H2,1-3H3,(H,17,18)/t11-/m0/s1. The lowest BCUT2D eigenvalue weighted by Gasteiger charge is -2.13. The number of hydrogen-bond donors (Lipinski definition) is 1. The molecule has 2 aromatic rings. The number of rotatable bonds is 6. The largest absolute Gasteiger partial charge is 0.493 e. The van der Waals surface area contributed by atoms with Gasteiger partial charge >= 0.3 is 0 Å². The van der Waals surface area contributed by atoms with E-state index in [-0.39, 0.29) is 11.9 Å². The normalized spacial score (nSPS) is 11.8. The SMILES string of the molecule is COc1ccc(CC(=O)N[C@@H](C)c2cccs2)cc1OC. The Labute approximate surface area is 128 Å². The van der Waals surface area contributed by atoms with Gasteiger partial charge in [-0.15, -0.1) is 11.3 Å². The molecule has 0 spiro atoms. The zero-order valence-electron chi connectivity index (χ0n) is 12.4. The van der Waals surface area contributed by atoms with Gasteiger partial charge in [0.15, 0.2) is 11.5 Å². The molecular formula is C16H19NO3S. The Morgan fingerprint density at radius 3 is 2.62 bits per heavy atom. The molecule has 0 aliphatic rings. The van der Waals surface area contributed by atoms with Crippen molar-refractivity contribution in [3.8, 4) is 11.5 Å². The Morgan fingerprint density at radius 1 is 1.24 bits per heavy atom. The third kappa shape index (κ3) is 3.98. The van der Waals surface area contributed by atoms with Gasteiger partial charge in [-0.05, 0) is 36.1 Å². The minimum atomic E-state index is -0.0110. The van der Waals surface area contributed by atoms with Gasteiger partial charge in [-0.1, -0.05) is 12.1 Å². The van der Waals surface area contributed by atoms with Crippen molar-refractivity contribution in [2.75, 3.05) is 14.2 Å². The maximum Gasteiger partial charge on any atom is 0.224 e. The first-order valence-electron chi connectivity index (χ1n) is 6.67. The zero-order chi connectivity index (χ0) is 15.2. The van der Waals surface area contributed by atoms with Crippen LogP contribution in [0.3, 0.4) is 0 Å². The van der Waals surface area contributed by atoms with E-state index < -0.39 is 0 Å². The molecular weight excluding hydrogens is 286 g/mol. The van der Waals surface area contributed by atoms with Crippen LogP contribution in [0.1, 0.15) is 23.4 Å². The van der Waals surface area contributed by atoms with E-state index in [4.69, 9.17) is 9.47 Å². The van der Waals surface area contributed by atoms with Crippen molar-refractivity contribution in [2.45, 2.75) is 19.4 Å². The number of amides is 1. The minimum Gasteiger partial charge on any atom is -0.493 e. The molecule has 1 N–H and O–H groups in total. The van der Waals surface area contributed by atoms with E-state index in [9.17, 15) is 4.79 Å². The van der Waals surface area contributed by atoms with Crippen molar-refractivity contribution < 1.29 is 14.3 Å². The average Bonchev–Trinajstić information content (AvgIpc) is 3.01. The lowest BCUT2D eigenvalue weighted by atomic mass is 10.1. The monoisotopic (exact) mass is 305 g/mol. The number of methoxy groups -OCH3 is 2. The third-order valence-corrected chi connectivity index (χ3v) is 4.22. The van der Waals surface area contributed by atoms with Crippen molar-refractivity contribution in [1.82, 2.24) is 5.32 Å². The average molecular weight is 305 g/mol. The van der Waals surface area contributed by atoms with E-state index in [0.29, 0.717) is 17.9 Å². The summed E-state index contributed by atoms with van der Waals surface area (Å²) >= 11 is 1.64. The lowest BCUT2D eigenvalue weighted by Crippen LogP contribution is -2.27. The summed E-state index contributed by atoms with van der Waals surface area (Å²) in [7, 11) is 3.17. The van der Waals surface area contributed by atoms with Crippen molar-refractivity contribution >= 4 is 17.2 Å². The van der Waals surface area contributed by atoms with Gasteiger partial charge in [-0.3, -0.25) is 4.79 Å². The Bertz CT molecular complexity index is 596. The fourth-order valence-corrected chi connectivity index (χ4v) is 2.81. The van der Waals surface area contributed by atoms with E-state index in [1.54, 1.807) is 25.6 Å². The smallest absolute Gasteiger partial charge is 0.224 e. The molecule has 4 nitrogen and oxygen atoms in total. The molecule has 0 saturated heterocycles. The summed E-state index contributed by atoms with van der Waals surface area (Å²) in [4.78, 5) is 13.2. The zero-order valence-corrected chi connectivity index (χ0v) is 13.2. The van der Waals surface area contributed by atoms with E-state index in [1.807, 2.05) is 42.6 Å². The molecule has 112 valence electrons. The summed E-state index contributed by atoms with van der Waals surface area (Å²) < 4.78 is 10.4. The number of carbonyl (C=O) groups is 1. The highest BCUT2D eigenvalue weighted by molar-refractivity contribution is 7.10. The van der Waals surface area contributed by atoms with E-state index in [1.165, 1.54) is 0 Å². The molecule has 2 rings (SSSR count). The molecule has 1 heterocycles. The van der Waals surface area contributed by atoms with Crippen LogP contribution in [0, 0.1) is 0 Å². The van der Waals surface area contributed by atoms with Gasteiger partial charge < -0.3 is 14.8 Å². The molecule has 0 bridgehead atoms. The highest BCUT2D eigenvalue weighted by Crippen LogP contribution is 2.27. The number of nitrogens with one attached hydrogen (secondary N) is 1. The van der Waals surface area contributed by atoms with Crippen molar-refractivity contribution in [3.63, 3.8) is 0 Å². The first-order chi connectivity index (χ1) is 10.1. The van der Waals surface area contributed by atoms with Crippen LogP contribution in [0.15, 0.2) is 35.7 Å². The summed E-state index contributed by atoms with van der Waals surface area (Å²) in [5.74, 6) is 1.28. The first kappa shape index (κ1) is 15.4. The molecule has 0 unspecified atom stereocenters. The highest BCUT2D eigenvalue weighted by atomic mass is 32.1. The van der Waals surface area contributed by atoms with Crippen LogP contribution in [-0.4, -0.2) is 20.1 Å². The number of carbonyl (C=O) groups excluding carboxylic acids is 1. The van der Waals surface area contributed by atoms with Gasteiger partial charge in [-0.25, -0.2) is 0 Å². The first-order valence-corrected chi connectivity index (χ1v) is 7.55. The molecule has 1 atom stereocenters. The Morgan fingerprint density at radius 2 is 2.00 bits per heavy atom. The molecule has 0 saturated carbocycles. The maximum absolute atomic E-state index is 12.1. The Balaban J connectivity index is 1.99. The van der Waals surface area contributed by atoms with Gasteiger partial charge in [0.2, 0.25) is 5.91 Å². The van der Waals surface area contributed by atoms with E-state index >= 15 is 0 Å². The number of hydrogen-bond acceptors (Lipinski definition) is 4. The molecule has 21 heavy (non-hydrogen) atoms. The topological polar surface area (TPSA) is 47.6 Å². The van der Waals surface area contributed by atoms with Crippen molar-refractivity contribution in [2.24, 2.45) is 0 Å². The summed E-state index contributed by atoms with van der Waals surface area (Å²) in [6, 6.07) is 9.54. The molecule has 1 amide bonds. The van der Waals surface area contributed by atoms with Crippen molar-refractivity contribution in [3.05, 3.63) is 46.2 Å². The van der Waals surface area contributed by atoms with Gasteiger partial charge in [0.1, 0.15) is 0 Å². The van der Waals surface area contributed by atoms with Crippen molar-refractivity contribution in [1.29, 1.82) is 0 Å². The van der Waals surface area contributed by atoms with Crippen LogP contribution in [0.4, 0.5) is 0 Å². The van der Waals surface area contributed by atoms with Gasteiger partial charge in [0.05, 0.1) is 26.7 Å². The maximum atomic E-state index is 12.1. The second-order valence-corrected chi connectivity index (χ2v) is 5.65. The Hall–Kier alpha value is -2.01. The van der Waals surface area contributed by atoms with Crippen LogP contribution >= 0.6 is 11.3 Å². The third-order valence-electron chi connectivity index (χ3n) is 3.16. The fraction of sp³-hybridized carbons (Fsp3) is 0.312. The molecule has 1 aromatic heterocycles. The summed E-state index contributed by atoms with van der Waals surface area (Å²) in [6.45, 7) is 1.98. The highest BCUT2D eigenvalue weighted by Gasteiger charge is 2.12. The number of thiophene rings is 1. The summed E-state index contributed by atoms with van der Waals surface area (Å²) in [5, 5.41) is 5.00. The second-order valence-electron chi connectivity index (χ2n) is 4.67. The predicted octanol–water partition coefficient (Wildman–Crippen LogP) is 3.19. The molecule has 1 aromatic carbocycles. The molecule has 5 heteroatoms. The van der Waals surface area contributed by atoms with Gasteiger partial charge in [-0.2, -0.15) is 0 Å². The van der Waals surface area contributed by atoms with Crippen LogP contribution < -0.4 is 14.8 Å². The van der Waals surface area contributed by atoms with E-state index in [0.717, 1.165) is 10.4 Å². The fourth-order valence-electron chi connectivity index (χ4n) is 2.08. The van der Waals surface area contributed by atoms with Crippen LogP contribution in [0.5, 0.6) is 11.5 Å². The van der Waals surface area contributed by atoms with Gasteiger partial charge in [0.25, 0.3) is 0 Å². The van der Waals surface area contributed by atoms with E-state index in [2.05, 4.69) is 5.32 Å². The second kappa shape index (κ2) is 7.13. The predicted molar refractivity (Wildman–Crippen MR) is 84.1 cm³/mol. The summed E-state index contributed by atoms with van der Waals surface area (Å²) in [5.41, 5.74) is 0.892.